The Balaban J connectivity index is 0.000000368. The summed E-state index contributed by atoms with van der Waals surface area (Å²) < 4.78 is 80.4. The van der Waals surface area contributed by atoms with Crippen LogP contribution in [-0.2, 0) is 36.0 Å². The Morgan fingerprint density at radius 3 is 1.31 bits per heavy atom. The predicted octanol–water partition coefficient (Wildman–Crippen LogP) is 8.97. The molecule has 0 atom stereocenters. The minimum absolute atomic E-state index is 0.0584. The lowest BCUT2D eigenvalue weighted by atomic mass is 9.92. The van der Waals surface area contributed by atoms with Crippen molar-refractivity contribution in [3.8, 4) is 0 Å². The van der Waals surface area contributed by atoms with Crippen LogP contribution in [0, 0.1) is 11.6 Å². The summed E-state index contributed by atoms with van der Waals surface area (Å²) in [5.74, 6) is -0.662. The maximum atomic E-state index is 14.1. The van der Waals surface area contributed by atoms with Crippen molar-refractivity contribution in [2.24, 2.45) is 10.1 Å². The van der Waals surface area contributed by atoms with Crippen molar-refractivity contribution >= 4 is 43.5 Å². The summed E-state index contributed by atoms with van der Waals surface area (Å²) in [5.41, 5.74) is 1.82. The van der Waals surface area contributed by atoms with Crippen molar-refractivity contribution < 1.29 is 45.4 Å². The van der Waals surface area contributed by atoms with Gasteiger partial charge in [0.15, 0.2) is 10.1 Å². The van der Waals surface area contributed by atoms with E-state index in [9.17, 15) is 45.4 Å². The van der Waals surface area contributed by atoms with Gasteiger partial charge in [-0.2, -0.15) is 23.6 Å². The van der Waals surface area contributed by atoms with E-state index in [-0.39, 0.29) is 51.6 Å². The van der Waals surface area contributed by atoms with E-state index < -0.39 is 43.1 Å². The molecule has 0 fully saturated rings. The molecule has 0 aliphatic rings. The second-order valence-electron chi connectivity index (χ2n) is 18.2. The first-order chi connectivity index (χ1) is 29.0. The number of carbonyl (C=O) groups excluding carboxylic acids is 2. The monoisotopic (exact) mass is 936 g/mol. The summed E-state index contributed by atoms with van der Waals surface area (Å²) in [5, 5.41) is 35.2. The van der Waals surface area contributed by atoms with E-state index in [4.69, 9.17) is 5.14 Å². The number of sulfonamides is 2. The van der Waals surface area contributed by atoms with Crippen LogP contribution in [0.25, 0.3) is 0 Å². The van der Waals surface area contributed by atoms with Crippen molar-refractivity contribution in [3.05, 3.63) is 81.7 Å². The lowest BCUT2D eigenvalue weighted by molar-refractivity contribution is 0.0664. The number of rotatable bonds is 13. The summed E-state index contributed by atoms with van der Waals surface area (Å²) in [6.07, 6.45) is 1.55. The van der Waals surface area contributed by atoms with E-state index in [1.807, 2.05) is 74.0 Å². The highest BCUT2D eigenvalue weighted by molar-refractivity contribution is 7.90. The smallest absolute Gasteiger partial charge is 0.333 e. The van der Waals surface area contributed by atoms with Crippen LogP contribution in [0.4, 0.5) is 25.0 Å². The summed E-state index contributed by atoms with van der Waals surface area (Å²) in [6.45, 7) is 28.7. The lowest BCUT2D eigenvalue weighted by Crippen LogP contribution is -2.35. The lowest BCUT2D eigenvalue weighted by Gasteiger charge is -2.20. The average molecular weight is 937 g/mol. The molecule has 0 aliphatic carbocycles. The van der Waals surface area contributed by atoms with Crippen molar-refractivity contribution in [2.45, 2.75) is 168 Å². The van der Waals surface area contributed by atoms with Gasteiger partial charge in [0.25, 0.3) is 20.0 Å². The molecule has 16 nitrogen and oxygen atoms in total. The number of primary sulfonamides is 1. The number of nitrogens with zero attached hydrogens (tertiary/aromatic N) is 5. The zero-order chi connectivity index (χ0) is 49.6. The molecule has 0 spiro atoms. The highest BCUT2D eigenvalue weighted by Crippen LogP contribution is 2.36. The molecule has 2 amide bonds. The van der Waals surface area contributed by atoms with Crippen LogP contribution < -0.4 is 15.2 Å². The first kappa shape index (κ1) is 55.3. The van der Waals surface area contributed by atoms with Gasteiger partial charge in [-0.25, -0.2) is 36.6 Å². The van der Waals surface area contributed by atoms with Gasteiger partial charge in [-0.05, 0) is 126 Å². The van der Waals surface area contributed by atoms with Crippen molar-refractivity contribution in [1.82, 2.24) is 24.3 Å². The first-order valence-electron chi connectivity index (χ1n) is 20.8. The van der Waals surface area contributed by atoms with Crippen LogP contribution >= 0.6 is 0 Å². The van der Waals surface area contributed by atoms with Crippen LogP contribution in [0.2, 0.25) is 0 Å². The molecule has 20 heteroatoms. The van der Waals surface area contributed by atoms with E-state index in [0.29, 0.717) is 33.9 Å². The number of nitrogens with one attached hydrogen (secondary N) is 2. The third kappa shape index (κ3) is 14.6. The maximum Gasteiger partial charge on any atom is 0.333 e. The number of isocyanates is 1. The second kappa shape index (κ2) is 21.4. The molecule has 2 aromatic carbocycles. The molecule has 0 aliphatic heterocycles. The topological polar surface area (TPSA) is 241 Å². The van der Waals surface area contributed by atoms with Crippen LogP contribution in [0.3, 0.4) is 0 Å². The fraction of sp³-hybridized carbons (Fsp3) is 0.545. The fourth-order valence-electron chi connectivity index (χ4n) is 6.43. The number of hydrogen-bond acceptors (Lipinski definition) is 11. The van der Waals surface area contributed by atoms with E-state index in [1.54, 1.807) is 33.8 Å². The quantitative estimate of drug-likeness (QED) is 0.0629. The minimum Gasteiger partial charge on any atom is -0.384 e. The molecule has 6 N–H and O–H groups in total. The van der Waals surface area contributed by atoms with E-state index >= 15 is 0 Å². The third-order valence-electron chi connectivity index (χ3n) is 9.63. The number of aliphatic imine (C=N–C) groups is 1. The van der Waals surface area contributed by atoms with E-state index in [0.717, 1.165) is 11.1 Å². The normalized spacial score (nSPS) is 12.4. The number of hydrogen-bond donors (Lipinski definition) is 5. The molecule has 0 unspecified atom stereocenters. The summed E-state index contributed by atoms with van der Waals surface area (Å²) >= 11 is 0. The first-order valence-corrected chi connectivity index (χ1v) is 23.8. The molecule has 356 valence electrons. The predicted molar refractivity (Wildman–Crippen MR) is 243 cm³/mol. The molecule has 0 saturated carbocycles. The number of carbonyl (C=O) groups is 1. The molecule has 0 bridgehead atoms. The largest absolute Gasteiger partial charge is 0.384 e. The SMILES string of the molecule is CC(C)c1cc(F)cc(C(C)C)c1N=C=O.CC(C)c1cc(F)cc(C(C)C)c1NC(=O)NS(=O)(=O)c1cc(C(C)(C)O)n(C(C)C)n1.CC(C)n1nc(S(N)(=O)=O)cc1C(C)(C)O. The molecule has 0 saturated heterocycles. The van der Waals surface area contributed by atoms with Gasteiger partial charge in [0.1, 0.15) is 22.8 Å². The van der Waals surface area contributed by atoms with Crippen molar-refractivity contribution in [3.63, 3.8) is 0 Å². The maximum absolute atomic E-state index is 14.1. The Labute approximate surface area is 376 Å². The zero-order valence-corrected chi connectivity index (χ0v) is 41.3. The number of halogens is 2. The Kier molecular flexibility index (Phi) is 18.5. The number of nitrogens with two attached hydrogens (primary N) is 1. The van der Waals surface area contributed by atoms with Gasteiger partial charge in [-0.1, -0.05) is 55.4 Å². The van der Waals surface area contributed by atoms with Gasteiger partial charge in [-0.15, -0.1) is 0 Å². The van der Waals surface area contributed by atoms with Gasteiger partial charge in [-0.3, -0.25) is 9.36 Å². The molecule has 64 heavy (non-hydrogen) atoms. The Hall–Kier alpha value is -4.85. The number of amides is 2. The third-order valence-corrected chi connectivity index (χ3v) is 11.6. The van der Waals surface area contributed by atoms with Gasteiger partial charge < -0.3 is 15.5 Å². The highest BCUT2D eigenvalue weighted by atomic mass is 32.2. The van der Waals surface area contributed by atoms with Gasteiger partial charge in [0.2, 0.25) is 6.08 Å². The Morgan fingerprint density at radius 1 is 0.672 bits per heavy atom. The van der Waals surface area contributed by atoms with Crippen LogP contribution in [0.5, 0.6) is 0 Å². The van der Waals surface area contributed by atoms with Crippen LogP contribution in [0.1, 0.15) is 180 Å². The number of anilines is 1. The Morgan fingerprint density at radius 2 is 1.02 bits per heavy atom. The summed E-state index contributed by atoms with van der Waals surface area (Å²) in [7, 11) is -8.17. The average Bonchev–Trinajstić information content (AvgIpc) is 3.81. The zero-order valence-electron chi connectivity index (χ0n) is 39.7. The molecular weight excluding hydrogens is 871 g/mol. The van der Waals surface area contributed by atoms with Crippen molar-refractivity contribution in [1.29, 1.82) is 0 Å². The van der Waals surface area contributed by atoms with Gasteiger partial charge in [0.05, 0.1) is 17.1 Å². The standard InChI is InChI=1S/C22H33FN4O4S.C13H16FNO.C9H17N3O3S/c1-12(2)16-9-15(23)10-17(13(3)4)20(16)24-21(28)26-32(30,31)19-11-18(22(7,8)29)27(25-19)14(5)6;1-8(2)11-5-10(14)6-12(9(3)4)13(11)15-7-16;1-6(2)12-7(9(3,4)13)5-8(11-12)16(10,14)15/h9-14,29H,1-8H3,(H2,24,26,28);5-6,8-9H,1-4H3;5-6,13H,1-4H3,(H2,10,14,15). The van der Waals surface area contributed by atoms with Crippen molar-refractivity contribution in [2.75, 3.05) is 5.32 Å². The Bertz CT molecular complexity index is 2490. The second-order valence-corrected chi connectivity index (χ2v) is 21.4. The van der Waals surface area contributed by atoms with E-state index in [1.165, 1.54) is 59.6 Å². The number of aliphatic hydroxyl groups is 2. The molecule has 4 rings (SSSR count). The van der Waals surface area contributed by atoms with Crippen LogP contribution in [-0.4, -0.2) is 58.7 Å². The summed E-state index contributed by atoms with van der Waals surface area (Å²) in [4.78, 5) is 26.8. The molecule has 2 aromatic heterocycles. The van der Waals surface area contributed by atoms with Gasteiger partial charge >= 0.3 is 6.03 Å². The molecule has 0 radical (unpaired) electrons. The van der Waals surface area contributed by atoms with Gasteiger partial charge in [0, 0.05) is 29.9 Å². The molecule has 2 heterocycles. The van der Waals surface area contributed by atoms with Crippen LogP contribution in [0.15, 0.2) is 51.4 Å². The molecular formula is C44H66F2N8O8S2. The number of benzene rings is 2. The summed E-state index contributed by atoms with van der Waals surface area (Å²) in [6, 6.07) is 6.83. The number of urea groups is 1. The van der Waals surface area contributed by atoms with E-state index in [2.05, 4.69) is 20.5 Å². The fourth-order valence-corrected chi connectivity index (χ4v) is 7.77. The highest BCUT2D eigenvalue weighted by Gasteiger charge is 2.31. The molecule has 4 aromatic rings. The number of aromatic nitrogens is 4. The minimum atomic E-state index is -4.33.